The van der Waals surface area contributed by atoms with E-state index in [1.165, 1.54) is 44.3 Å². The van der Waals surface area contributed by atoms with Gasteiger partial charge in [0.15, 0.2) is 0 Å². The smallest absolute Gasteiger partial charge is 0.218 e. The molecule has 0 amide bonds. The molecule has 0 bridgehead atoms. The van der Waals surface area contributed by atoms with Crippen molar-refractivity contribution in [2.45, 2.75) is 45.6 Å². The lowest BCUT2D eigenvalue weighted by molar-refractivity contribution is 0.241. The lowest BCUT2D eigenvalue weighted by atomic mass is 10.1. The van der Waals surface area contributed by atoms with Crippen LogP contribution in [0, 0.1) is 0 Å². The van der Waals surface area contributed by atoms with Crippen molar-refractivity contribution in [3.8, 4) is 5.88 Å². The maximum absolute atomic E-state index is 5.66. The number of likely N-dealkylation sites (tertiary alicyclic amines) is 1. The zero-order chi connectivity index (χ0) is 12.8. The molecule has 2 heterocycles. The van der Waals surface area contributed by atoms with Gasteiger partial charge in [-0.25, -0.2) is 4.98 Å². The molecule has 0 radical (unpaired) electrons. The first kappa shape index (κ1) is 13.3. The van der Waals surface area contributed by atoms with Gasteiger partial charge in [0.05, 0.1) is 6.61 Å². The van der Waals surface area contributed by atoms with Crippen LogP contribution in [0.2, 0.25) is 0 Å². The first-order chi connectivity index (χ1) is 8.86. The molecule has 1 aromatic rings. The summed E-state index contributed by atoms with van der Waals surface area (Å²) in [6.07, 6.45) is 6.87. The van der Waals surface area contributed by atoms with E-state index in [-0.39, 0.29) is 0 Å². The molecule has 1 aliphatic heterocycles. The van der Waals surface area contributed by atoms with Crippen LogP contribution in [0.15, 0.2) is 18.3 Å². The van der Waals surface area contributed by atoms with Gasteiger partial charge in [0.1, 0.15) is 0 Å². The minimum Gasteiger partial charge on any atom is -0.478 e. The first-order valence-electron chi connectivity index (χ1n) is 7.18. The molecule has 1 aliphatic rings. The maximum atomic E-state index is 5.66. The van der Waals surface area contributed by atoms with Crippen molar-refractivity contribution in [1.82, 2.24) is 9.88 Å². The predicted octanol–water partition coefficient (Wildman–Crippen LogP) is 3.42. The Kier molecular flexibility index (Phi) is 5.00. The summed E-state index contributed by atoms with van der Waals surface area (Å²) < 4.78 is 5.66. The number of aromatic nitrogens is 1. The van der Waals surface area contributed by atoms with Crippen molar-refractivity contribution in [3.63, 3.8) is 0 Å². The van der Waals surface area contributed by atoms with Crippen LogP contribution in [-0.4, -0.2) is 29.6 Å². The second-order valence-corrected chi connectivity index (χ2v) is 4.88. The molecule has 1 aromatic heterocycles. The predicted molar refractivity (Wildman–Crippen MR) is 73.9 cm³/mol. The summed E-state index contributed by atoms with van der Waals surface area (Å²) >= 11 is 0. The zero-order valence-corrected chi connectivity index (χ0v) is 11.6. The Morgan fingerprint density at radius 3 is 3.11 bits per heavy atom. The van der Waals surface area contributed by atoms with Gasteiger partial charge in [-0.15, -0.1) is 0 Å². The quantitative estimate of drug-likeness (QED) is 0.771. The molecular weight excluding hydrogens is 224 g/mol. The fourth-order valence-corrected chi connectivity index (χ4v) is 2.72. The van der Waals surface area contributed by atoms with Gasteiger partial charge in [-0.05, 0) is 45.3 Å². The Balaban J connectivity index is 2.13. The van der Waals surface area contributed by atoms with Gasteiger partial charge >= 0.3 is 0 Å². The molecule has 0 unspecified atom stereocenters. The molecule has 2 rings (SSSR count). The molecule has 18 heavy (non-hydrogen) atoms. The molecule has 1 atom stereocenters. The van der Waals surface area contributed by atoms with Gasteiger partial charge in [-0.1, -0.05) is 19.4 Å². The number of pyridine rings is 1. The first-order valence-corrected chi connectivity index (χ1v) is 7.18. The number of rotatable bonds is 6. The van der Waals surface area contributed by atoms with E-state index in [1.807, 2.05) is 19.2 Å². The maximum Gasteiger partial charge on any atom is 0.218 e. The van der Waals surface area contributed by atoms with E-state index in [9.17, 15) is 0 Å². The topological polar surface area (TPSA) is 25.4 Å². The van der Waals surface area contributed by atoms with Crippen LogP contribution in [0.1, 0.15) is 51.1 Å². The van der Waals surface area contributed by atoms with Crippen molar-refractivity contribution in [2.24, 2.45) is 0 Å². The SMILES string of the molecule is CCCCN1CCC[C@@H]1c1cccnc1OCC. The van der Waals surface area contributed by atoms with E-state index >= 15 is 0 Å². The molecule has 3 nitrogen and oxygen atoms in total. The molecular formula is C15H24N2O. The summed E-state index contributed by atoms with van der Waals surface area (Å²) in [6.45, 7) is 7.36. The summed E-state index contributed by atoms with van der Waals surface area (Å²) in [5, 5.41) is 0. The van der Waals surface area contributed by atoms with Crippen LogP contribution in [0.3, 0.4) is 0 Å². The highest BCUT2D eigenvalue weighted by Gasteiger charge is 2.28. The highest BCUT2D eigenvalue weighted by Crippen LogP contribution is 2.35. The number of unbranched alkanes of at least 4 members (excludes halogenated alkanes) is 1. The molecule has 1 saturated heterocycles. The molecule has 0 spiro atoms. The third kappa shape index (κ3) is 3.02. The molecule has 1 fully saturated rings. The molecule has 3 heteroatoms. The minimum absolute atomic E-state index is 0.506. The Morgan fingerprint density at radius 2 is 2.33 bits per heavy atom. The highest BCUT2D eigenvalue weighted by molar-refractivity contribution is 5.29. The van der Waals surface area contributed by atoms with E-state index in [0.717, 1.165) is 5.88 Å². The lowest BCUT2D eigenvalue weighted by Gasteiger charge is -2.25. The monoisotopic (exact) mass is 248 g/mol. The van der Waals surface area contributed by atoms with Crippen LogP contribution in [0.5, 0.6) is 5.88 Å². The fraction of sp³-hybridized carbons (Fsp3) is 0.667. The molecule has 0 N–H and O–H groups in total. The van der Waals surface area contributed by atoms with Gasteiger partial charge < -0.3 is 4.74 Å². The number of hydrogen-bond donors (Lipinski definition) is 0. The highest BCUT2D eigenvalue weighted by atomic mass is 16.5. The molecule has 0 aromatic carbocycles. The minimum atomic E-state index is 0.506. The number of ether oxygens (including phenoxy) is 1. The Bertz CT molecular complexity index is 367. The number of nitrogens with zero attached hydrogens (tertiary/aromatic N) is 2. The van der Waals surface area contributed by atoms with Crippen LogP contribution in [-0.2, 0) is 0 Å². The van der Waals surface area contributed by atoms with Gasteiger partial charge in [0, 0.05) is 17.8 Å². The zero-order valence-electron chi connectivity index (χ0n) is 11.6. The van der Waals surface area contributed by atoms with Crippen molar-refractivity contribution in [3.05, 3.63) is 23.9 Å². The van der Waals surface area contributed by atoms with E-state index in [0.29, 0.717) is 12.6 Å². The van der Waals surface area contributed by atoms with Crippen molar-refractivity contribution in [1.29, 1.82) is 0 Å². The van der Waals surface area contributed by atoms with Gasteiger partial charge in [-0.3, -0.25) is 4.90 Å². The summed E-state index contributed by atoms with van der Waals surface area (Å²) in [6, 6.07) is 4.70. The van der Waals surface area contributed by atoms with Gasteiger partial charge in [-0.2, -0.15) is 0 Å². The van der Waals surface area contributed by atoms with E-state index in [1.54, 1.807) is 0 Å². The summed E-state index contributed by atoms with van der Waals surface area (Å²) in [4.78, 5) is 6.97. The van der Waals surface area contributed by atoms with E-state index in [4.69, 9.17) is 4.74 Å². The second-order valence-electron chi connectivity index (χ2n) is 4.88. The summed E-state index contributed by atoms with van der Waals surface area (Å²) in [5.74, 6) is 0.827. The van der Waals surface area contributed by atoms with Gasteiger partial charge in [0.25, 0.3) is 0 Å². The summed E-state index contributed by atoms with van der Waals surface area (Å²) in [7, 11) is 0. The molecule has 0 saturated carbocycles. The Labute approximate surface area is 110 Å². The average molecular weight is 248 g/mol. The van der Waals surface area contributed by atoms with E-state index < -0.39 is 0 Å². The third-order valence-electron chi connectivity index (χ3n) is 3.60. The fourth-order valence-electron chi connectivity index (χ4n) is 2.72. The van der Waals surface area contributed by atoms with Crippen molar-refractivity contribution < 1.29 is 4.74 Å². The second kappa shape index (κ2) is 6.74. The summed E-state index contributed by atoms with van der Waals surface area (Å²) in [5.41, 5.74) is 1.27. The average Bonchev–Trinajstić information content (AvgIpc) is 2.85. The van der Waals surface area contributed by atoms with Crippen molar-refractivity contribution >= 4 is 0 Å². The van der Waals surface area contributed by atoms with Crippen LogP contribution in [0.4, 0.5) is 0 Å². The van der Waals surface area contributed by atoms with Crippen LogP contribution < -0.4 is 4.74 Å². The molecule has 0 aliphatic carbocycles. The normalized spacial score (nSPS) is 20.2. The third-order valence-corrected chi connectivity index (χ3v) is 3.60. The number of hydrogen-bond acceptors (Lipinski definition) is 3. The largest absolute Gasteiger partial charge is 0.478 e. The van der Waals surface area contributed by atoms with Gasteiger partial charge in [0.2, 0.25) is 5.88 Å². The van der Waals surface area contributed by atoms with Crippen LogP contribution in [0.25, 0.3) is 0 Å². The standard InChI is InChI=1S/C15H24N2O/c1-3-5-11-17-12-7-9-14(17)13-8-6-10-16-15(13)18-4-2/h6,8,10,14H,3-5,7,9,11-12H2,1-2H3/t14-/m1/s1. The van der Waals surface area contributed by atoms with Crippen molar-refractivity contribution in [2.75, 3.05) is 19.7 Å². The Morgan fingerprint density at radius 1 is 1.44 bits per heavy atom. The Hall–Kier alpha value is -1.09. The molecule has 100 valence electrons. The lowest BCUT2D eigenvalue weighted by Crippen LogP contribution is -2.25. The van der Waals surface area contributed by atoms with E-state index in [2.05, 4.69) is 22.9 Å². The van der Waals surface area contributed by atoms with Crippen LogP contribution >= 0.6 is 0 Å².